The Morgan fingerprint density at radius 2 is 2.00 bits per heavy atom. The summed E-state index contributed by atoms with van der Waals surface area (Å²) in [5, 5.41) is 9.83. The minimum Gasteiger partial charge on any atom is -0.508 e. The van der Waals surface area contributed by atoms with Gasteiger partial charge in [-0.05, 0) is 36.8 Å². The fraction of sp³-hybridized carbons (Fsp3) is 0.571. The van der Waals surface area contributed by atoms with Gasteiger partial charge in [0.25, 0.3) is 0 Å². The lowest BCUT2D eigenvalue weighted by atomic mass is 9.90. The van der Waals surface area contributed by atoms with Crippen LogP contribution in [0.15, 0.2) is 24.3 Å². The molecule has 0 radical (unpaired) electrons. The molecule has 1 aliphatic heterocycles. The van der Waals surface area contributed by atoms with Crippen molar-refractivity contribution >= 4 is 0 Å². The molecule has 3 atom stereocenters. The summed E-state index contributed by atoms with van der Waals surface area (Å²) in [6.45, 7) is 4.33. The number of hydrogen-bond acceptors (Lipinski definition) is 2. The largest absolute Gasteiger partial charge is 0.508 e. The highest BCUT2D eigenvalue weighted by Crippen LogP contribution is 2.38. The zero-order chi connectivity index (χ0) is 11.5. The monoisotopic (exact) mass is 220 g/mol. The first-order chi connectivity index (χ1) is 7.76. The molecular formula is C14H20O2. The summed E-state index contributed by atoms with van der Waals surface area (Å²) in [5.74, 6) is 0.839. The molecule has 2 heteroatoms. The van der Waals surface area contributed by atoms with Crippen LogP contribution in [0.3, 0.4) is 0 Å². The predicted molar refractivity (Wildman–Crippen MR) is 64.7 cm³/mol. The smallest absolute Gasteiger partial charge is 0.119 e. The number of phenolic OH excluding ortho intramolecular Hbond substituents is 1. The first-order valence-corrected chi connectivity index (χ1v) is 6.19. The van der Waals surface area contributed by atoms with E-state index < -0.39 is 0 Å². The number of epoxide rings is 1. The van der Waals surface area contributed by atoms with E-state index in [-0.39, 0.29) is 0 Å². The Balaban J connectivity index is 2.03. The molecule has 16 heavy (non-hydrogen) atoms. The van der Waals surface area contributed by atoms with Gasteiger partial charge in [0.05, 0.1) is 12.2 Å². The van der Waals surface area contributed by atoms with Gasteiger partial charge in [0.2, 0.25) is 0 Å². The summed E-state index contributed by atoms with van der Waals surface area (Å²) >= 11 is 0. The fourth-order valence-corrected chi connectivity index (χ4v) is 2.37. The van der Waals surface area contributed by atoms with Crippen LogP contribution in [0.2, 0.25) is 0 Å². The number of benzene rings is 1. The molecule has 3 unspecified atom stereocenters. The van der Waals surface area contributed by atoms with Gasteiger partial charge >= 0.3 is 0 Å². The Morgan fingerprint density at radius 3 is 2.56 bits per heavy atom. The zero-order valence-electron chi connectivity index (χ0n) is 10.0. The van der Waals surface area contributed by atoms with Crippen molar-refractivity contribution < 1.29 is 9.84 Å². The van der Waals surface area contributed by atoms with E-state index in [0.717, 1.165) is 24.8 Å². The molecule has 1 aliphatic rings. The van der Waals surface area contributed by atoms with Gasteiger partial charge in [-0.3, -0.25) is 0 Å². The number of ether oxygens (including phenoxy) is 1. The molecule has 1 saturated heterocycles. The van der Waals surface area contributed by atoms with Crippen LogP contribution in [0.1, 0.15) is 44.6 Å². The molecule has 0 spiro atoms. The summed E-state index contributed by atoms with van der Waals surface area (Å²) in [6, 6.07) is 7.65. The molecule has 0 aromatic heterocycles. The van der Waals surface area contributed by atoms with Gasteiger partial charge in [0.15, 0.2) is 0 Å². The summed E-state index contributed by atoms with van der Waals surface area (Å²) in [5.41, 5.74) is 1.07. The Kier molecular flexibility index (Phi) is 3.49. The number of phenols is 1. The second-order valence-electron chi connectivity index (χ2n) is 4.52. The summed E-state index contributed by atoms with van der Waals surface area (Å²) < 4.78 is 5.58. The normalized spacial score (nSPS) is 25.4. The molecular weight excluding hydrogens is 200 g/mol. The van der Waals surface area contributed by atoms with Crippen molar-refractivity contribution in [2.75, 3.05) is 0 Å². The van der Waals surface area contributed by atoms with Gasteiger partial charge in [0, 0.05) is 0 Å². The Labute approximate surface area is 97.3 Å². The third-order valence-corrected chi connectivity index (χ3v) is 3.48. The molecule has 1 N–H and O–H groups in total. The van der Waals surface area contributed by atoms with Gasteiger partial charge in [-0.15, -0.1) is 0 Å². The highest BCUT2D eigenvalue weighted by atomic mass is 16.6. The second-order valence-corrected chi connectivity index (χ2v) is 4.52. The van der Waals surface area contributed by atoms with Crippen LogP contribution < -0.4 is 0 Å². The van der Waals surface area contributed by atoms with E-state index in [2.05, 4.69) is 13.8 Å². The lowest BCUT2D eigenvalue weighted by Crippen LogP contribution is -2.04. The zero-order valence-corrected chi connectivity index (χ0v) is 10.0. The molecule has 88 valence electrons. The minimum atomic E-state index is 0.412. The van der Waals surface area contributed by atoms with E-state index in [1.54, 1.807) is 6.07 Å². The van der Waals surface area contributed by atoms with Gasteiger partial charge in [0.1, 0.15) is 5.75 Å². The summed E-state index contributed by atoms with van der Waals surface area (Å²) in [4.78, 5) is 0. The van der Waals surface area contributed by atoms with E-state index in [4.69, 9.17) is 4.74 Å². The quantitative estimate of drug-likeness (QED) is 0.771. The Morgan fingerprint density at radius 1 is 1.25 bits per heavy atom. The van der Waals surface area contributed by atoms with Crippen molar-refractivity contribution in [3.8, 4) is 5.75 Å². The molecule has 2 rings (SSSR count). The lowest BCUT2D eigenvalue weighted by Gasteiger charge is -2.15. The number of rotatable bonds is 5. The maximum absolute atomic E-state index is 9.83. The molecule has 0 aliphatic carbocycles. The standard InChI is InChI=1S/C14H20O2/c1-3-10(9-14-13(4-2)16-14)11-7-5-6-8-12(11)15/h5-8,10,13-15H,3-4,9H2,1-2H3. The third kappa shape index (κ3) is 2.38. The molecule has 1 fully saturated rings. The van der Waals surface area contributed by atoms with Crippen LogP contribution in [0.5, 0.6) is 5.75 Å². The maximum atomic E-state index is 9.83. The van der Waals surface area contributed by atoms with E-state index >= 15 is 0 Å². The van der Waals surface area contributed by atoms with Gasteiger partial charge in [-0.2, -0.15) is 0 Å². The van der Waals surface area contributed by atoms with Crippen LogP contribution in [0.4, 0.5) is 0 Å². The average Bonchev–Trinajstić information content (AvgIpc) is 3.05. The van der Waals surface area contributed by atoms with Crippen molar-refractivity contribution in [3.05, 3.63) is 29.8 Å². The number of hydrogen-bond donors (Lipinski definition) is 1. The van der Waals surface area contributed by atoms with E-state index in [0.29, 0.717) is 23.9 Å². The lowest BCUT2D eigenvalue weighted by molar-refractivity contribution is 0.347. The third-order valence-electron chi connectivity index (χ3n) is 3.48. The average molecular weight is 220 g/mol. The van der Waals surface area contributed by atoms with Crippen molar-refractivity contribution in [3.63, 3.8) is 0 Å². The molecule has 0 saturated carbocycles. The topological polar surface area (TPSA) is 32.8 Å². The van der Waals surface area contributed by atoms with Crippen LogP contribution in [-0.2, 0) is 4.74 Å². The summed E-state index contributed by atoms with van der Waals surface area (Å²) in [7, 11) is 0. The highest BCUT2D eigenvalue weighted by Gasteiger charge is 2.38. The van der Waals surface area contributed by atoms with Gasteiger partial charge < -0.3 is 9.84 Å². The van der Waals surface area contributed by atoms with Crippen LogP contribution in [0.25, 0.3) is 0 Å². The number of aromatic hydroxyl groups is 1. The number of para-hydroxylation sites is 1. The first kappa shape index (κ1) is 11.5. The SMILES string of the molecule is CCC(CC1OC1CC)c1ccccc1O. The first-order valence-electron chi connectivity index (χ1n) is 6.19. The molecule has 0 bridgehead atoms. The molecule has 1 aromatic rings. The van der Waals surface area contributed by atoms with Crippen LogP contribution in [-0.4, -0.2) is 17.3 Å². The van der Waals surface area contributed by atoms with Crippen molar-refractivity contribution in [1.82, 2.24) is 0 Å². The molecule has 1 aromatic carbocycles. The van der Waals surface area contributed by atoms with Crippen molar-refractivity contribution in [1.29, 1.82) is 0 Å². The molecule has 0 amide bonds. The van der Waals surface area contributed by atoms with Crippen LogP contribution >= 0.6 is 0 Å². The minimum absolute atomic E-state index is 0.412. The van der Waals surface area contributed by atoms with E-state index in [1.807, 2.05) is 18.2 Å². The van der Waals surface area contributed by atoms with Crippen molar-refractivity contribution in [2.24, 2.45) is 0 Å². The van der Waals surface area contributed by atoms with Gasteiger partial charge in [-0.25, -0.2) is 0 Å². The fourth-order valence-electron chi connectivity index (χ4n) is 2.37. The predicted octanol–water partition coefficient (Wildman–Crippen LogP) is 3.45. The van der Waals surface area contributed by atoms with E-state index in [9.17, 15) is 5.11 Å². The Bertz CT molecular complexity index is 348. The maximum Gasteiger partial charge on any atom is 0.119 e. The van der Waals surface area contributed by atoms with Gasteiger partial charge in [-0.1, -0.05) is 32.0 Å². The highest BCUT2D eigenvalue weighted by molar-refractivity contribution is 5.35. The van der Waals surface area contributed by atoms with E-state index in [1.165, 1.54) is 0 Å². The Hall–Kier alpha value is -1.02. The van der Waals surface area contributed by atoms with Crippen molar-refractivity contribution in [2.45, 2.75) is 51.2 Å². The molecule has 1 heterocycles. The molecule has 2 nitrogen and oxygen atoms in total. The van der Waals surface area contributed by atoms with Crippen LogP contribution in [0, 0.1) is 0 Å². The second kappa shape index (κ2) is 4.88. The summed E-state index contributed by atoms with van der Waals surface area (Å²) in [6.07, 6.45) is 4.05.